The fourth-order valence-corrected chi connectivity index (χ4v) is 2.13. The molecule has 1 heterocycles. The van der Waals surface area contributed by atoms with Crippen molar-refractivity contribution in [2.45, 2.75) is 0 Å². The zero-order valence-electron chi connectivity index (χ0n) is 8.24. The Morgan fingerprint density at radius 1 is 0.938 bits per heavy atom. The number of halogens is 2. The van der Waals surface area contributed by atoms with Gasteiger partial charge in [0.05, 0.1) is 16.1 Å². The summed E-state index contributed by atoms with van der Waals surface area (Å²) in [6, 6.07) is 12.0. The normalized spacial score (nSPS) is 11.1. The molecule has 1 aromatic heterocycles. The number of para-hydroxylation sites is 1. The minimum Gasteiger partial charge on any atom is -0.248 e. The maximum absolute atomic E-state index is 13.1. The fraction of sp³-hybridized carbons (Fsp3) is 0. The summed E-state index contributed by atoms with van der Waals surface area (Å²) in [4.78, 5) is 4.37. The second-order valence-electron chi connectivity index (χ2n) is 3.60. The van der Waals surface area contributed by atoms with Gasteiger partial charge in [-0.15, -0.1) is 0 Å². The fourth-order valence-electron chi connectivity index (χ4n) is 1.81. The highest BCUT2D eigenvalue weighted by Crippen LogP contribution is 2.30. The summed E-state index contributed by atoms with van der Waals surface area (Å²) in [5, 5.41) is 2.30. The van der Waals surface area contributed by atoms with Crippen LogP contribution in [0, 0.1) is 5.82 Å². The van der Waals surface area contributed by atoms with E-state index in [0.29, 0.717) is 10.5 Å². The Morgan fingerprint density at radius 3 is 2.56 bits per heavy atom. The minimum absolute atomic E-state index is 0.300. The number of rotatable bonds is 0. The van der Waals surface area contributed by atoms with Gasteiger partial charge >= 0.3 is 0 Å². The van der Waals surface area contributed by atoms with Crippen LogP contribution in [-0.4, -0.2) is 4.98 Å². The SMILES string of the molecule is Fc1ccc2c(Cl)c3ccccc3nc2c1. The molecule has 0 aliphatic carbocycles. The van der Waals surface area contributed by atoms with Gasteiger partial charge in [0.1, 0.15) is 5.82 Å². The van der Waals surface area contributed by atoms with Gasteiger partial charge in [0.15, 0.2) is 0 Å². The molecular formula is C13H7ClFN. The largest absolute Gasteiger partial charge is 0.248 e. The van der Waals surface area contributed by atoms with Crippen molar-refractivity contribution >= 4 is 33.4 Å². The minimum atomic E-state index is -0.300. The van der Waals surface area contributed by atoms with Crippen LogP contribution in [0.5, 0.6) is 0 Å². The van der Waals surface area contributed by atoms with Crippen molar-refractivity contribution in [3.8, 4) is 0 Å². The second kappa shape index (κ2) is 3.42. The van der Waals surface area contributed by atoms with Crippen LogP contribution in [0.4, 0.5) is 4.39 Å². The summed E-state index contributed by atoms with van der Waals surface area (Å²) in [7, 11) is 0. The molecule has 0 fully saturated rings. The predicted octanol–water partition coefficient (Wildman–Crippen LogP) is 4.18. The van der Waals surface area contributed by atoms with Gasteiger partial charge in [0, 0.05) is 16.8 Å². The van der Waals surface area contributed by atoms with E-state index < -0.39 is 0 Å². The third kappa shape index (κ3) is 1.34. The lowest BCUT2D eigenvalue weighted by Crippen LogP contribution is -1.85. The standard InChI is InChI=1S/C13H7ClFN/c14-13-9-3-1-2-4-11(9)16-12-7-8(15)5-6-10(12)13/h1-7H. The molecule has 0 amide bonds. The number of pyridine rings is 1. The van der Waals surface area contributed by atoms with E-state index >= 15 is 0 Å². The van der Waals surface area contributed by atoms with Gasteiger partial charge in [-0.1, -0.05) is 29.8 Å². The van der Waals surface area contributed by atoms with Crippen LogP contribution < -0.4 is 0 Å². The van der Waals surface area contributed by atoms with E-state index in [1.165, 1.54) is 12.1 Å². The van der Waals surface area contributed by atoms with Crippen molar-refractivity contribution in [3.05, 3.63) is 53.3 Å². The molecule has 1 nitrogen and oxygen atoms in total. The molecule has 0 saturated heterocycles. The highest BCUT2D eigenvalue weighted by atomic mass is 35.5. The highest BCUT2D eigenvalue weighted by molar-refractivity contribution is 6.40. The first-order valence-electron chi connectivity index (χ1n) is 4.89. The third-order valence-electron chi connectivity index (χ3n) is 2.58. The van der Waals surface area contributed by atoms with Gasteiger partial charge in [0.25, 0.3) is 0 Å². The molecule has 0 saturated carbocycles. The smallest absolute Gasteiger partial charge is 0.125 e. The van der Waals surface area contributed by atoms with E-state index in [9.17, 15) is 4.39 Å². The molecule has 0 bridgehead atoms. The Balaban J connectivity index is 2.55. The monoisotopic (exact) mass is 231 g/mol. The number of benzene rings is 2. The third-order valence-corrected chi connectivity index (χ3v) is 2.98. The first-order chi connectivity index (χ1) is 7.75. The first kappa shape index (κ1) is 9.55. The zero-order chi connectivity index (χ0) is 11.1. The van der Waals surface area contributed by atoms with Crippen molar-refractivity contribution in [1.82, 2.24) is 4.98 Å². The van der Waals surface area contributed by atoms with E-state index in [1.54, 1.807) is 6.07 Å². The lowest BCUT2D eigenvalue weighted by molar-refractivity contribution is 0.629. The quantitative estimate of drug-likeness (QED) is 0.529. The molecular weight excluding hydrogens is 225 g/mol. The van der Waals surface area contributed by atoms with E-state index in [4.69, 9.17) is 11.6 Å². The number of nitrogens with zero attached hydrogens (tertiary/aromatic N) is 1. The molecule has 3 heteroatoms. The topological polar surface area (TPSA) is 12.9 Å². The van der Waals surface area contributed by atoms with E-state index in [2.05, 4.69) is 4.98 Å². The Hall–Kier alpha value is -1.67. The average Bonchev–Trinajstić information content (AvgIpc) is 2.29. The van der Waals surface area contributed by atoms with E-state index in [-0.39, 0.29) is 5.82 Å². The molecule has 0 radical (unpaired) electrons. The number of aromatic nitrogens is 1. The summed E-state index contributed by atoms with van der Waals surface area (Å²) in [6.07, 6.45) is 0. The molecule has 3 rings (SSSR count). The molecule has 0 unspecified atom stereocenters. The first-order valence-corrected chi connectivity index (χ1v) is 5.27. The summed E-state index contributed by atoms with van der Waals surface area (Å²) >= 11 is 6.26. The van der Waals surface area contributed by atoms with E-state index in [1.807, 2.05) is 24.3 Å². The summed E-state index contributed by atoms with van der Waals surface area (Å²) in [5.41, 5.74) is 1.37. The molecule has 0 N–H and O–H groups in total. The van der Waals surface area contributed by atoms with Gasteiger partial charge in [-0.2, -0.15) is 0 Å². The average molecular weight is 232 g/mol. The van der Waals surface area contributed by atoms with Crippen LogP contribution >= 0.6 is 11.6 Å². The Kier molecular flexibility index (Phi) is 2.04. The molecule has 0 atom stereocenters. The molecule has 0 aliphatic rings. The van der Waals surface area contributed by atoms with Gasteiger partial charge in [-0.3, -0.25) is 0 Å². The summed E-state index contributed by atoms with van der Waals surface area (Å²) < 4.78 is 13.1. The number of hydrogen-bond acceptors (Lipinski definition) is 1. The Bertz CT molecular complexity index is 694. The lowest BCUT2D eigenvalue weighted by Gasteiger charge is -2.04. The lowest BCUT2D eigenvalue weighted by atomic mass is 10.1. The molecule has 2 aromatic carbocycles. The molecule has 0 aliphatic heterocycles. The van der Waals surface area contributed by atoms with Crippen molar-refractivity contribution in [2.75, 3.05) is 0 Å². The summed E-state index contributed by atoms with van der Waals surface area (Å²) in [5.74, 6) is -0.300. The Labute approximate surface area is 96.5 Å². The summed E-state index contributed by atoms with van der Waals surface area (Å²) in [6.45, 7) is 0. The maximum atomic E-state index is 13.1. The number of hydrogen-bond donors (Lipinski definition) is 0. The van der Waals surface area contributed by atoms with Crippen LogP contribution in [0.3, 0.4) is 0 Å². The molecule has 0 spiro atoms. The van der Waals surface area contributed by atoms with Crippen LogP contribution in [0.2, 0.25) is 5.02 Å². The van der Waals surface area contributed by atoms with Crippen LogP contribution in [0.15, 0.2) is 42.5 Å². The number of fused-ring (bicyclic) bond motifs is 2. The highest BCUT2D eigenvalue weighted by Gasteiger charge is 2.06. The molecule has 78 valence electrons. The van der Waals surface area contributed by atoms with Gasteiger partial charge in [-0.05, 0) is 18.2 Å². The van der Waals surface area contributed by atoms with Crippen LogP contribution in [0.1, 0.15) is 0 Å². The van der Waals surface area contributed by atoms with Crippen LogP contribution in [0.25, 0.3) is 21.8 Å². The Morgan fingerprint density at radius 2 is 1.69 bits per heavy atom. The second-order valence-corrected chi connectivity index (χ2v) is 3.98. The zero-order valence-corrected chi connectivity index (χ0v) is 9.00. The van der Waals surface area contributed by atoms with Crippen molar-refractivity contribution < 1.29 is 4.39 Å². The van der Waals surface area contributed by atoms with Gasteiger partial charge in [0.2, 0.25) is 0 Å². The van der Waals surface area contributed by atoms with E-state index in [0.717, 1.165) is 16.3 Å². The molecule has 16 heavy (non-hydrogen) atoms. The molecule has 3 aromatic rings. The van der Waals surface area contributed by atoms with Crippen molar-refractivity contribution in [1.29, 1.82) is 0 Å². The van der Waals surface area contributed by atoms with Crippen molar-refractivity contribution in [2.24, 2.45) is 0 Å². The predicted molar refractivity (Wildman–Crippen MR) is 64.2 cm³/mol. The van der Waals surface area contributed by atoms with Crippen LogP contribution in [-0.2, 0) is 0 Å². The van der Waals surface area contributed by atoms with Crippen molar-refractivity contribution in [3.63, 3.8) is 0 Å². The maximum Gasteiger partial charge on any atom is 0.125 e. The van der Waals surface area contributed by atoms with Gasteiger partial charge in [-0.25, -0.2) is 9.37 Å². The van der Waals surface area contributed by atoms with Gasteiger partial charge < -0.3 is 0 Å².